The molecule has 0 spiro atoms. The van der Waals surface area contributed by atoms with Gasteiger partial charge >= 0.3 is 6.03 Å². The Kier molecular flexibility index (Phi) is 6.30. The predicted octanol–water partition coefficient (Wildman–Crippen LogP) is 2.12. The maximum atomic E-state index is 14.0. The molecule has 0 bridgehead atoms. The van der Waals surface area contributed by atoms with Crippen molar-refractivity contribution in [1.29, 1.82) is 0 Å². The lowest BCUT2D eigenvalue weighted by atomic mass is 10.2. The molecular weight excluding hydrogens is 401 g/mol. The smallest absolute Gasteiger partial charge is 0.323 e. The van der Waals surface area contributed by atoms with E-state index in [4.69, 9.17) is 4.74 Å². The Labute approximate surface area is 168 Å². The van der Waals surface area contributed by atoms with Crippen LogP contribution in [0.15, 0.2) is 42.7 Å². The average molecular weight is 423 g/mol. The van der Waals surface area contributed by atoms with Crippen molar-refractivity contribution in [3.63, 3.8) is 0 Å². The van der Waals surface area contributed by atoms with Crippen molar-refractivity contribution in [3.8, 4) is 5.75 Å². The van der Waals surface area contributed by atoms with Gasteiger partial charge in [0.05, 0.1) is 18.4 Å². The summed E-state index contributed by atoms with van der Waals surface area (Å²) < 4.78 is 46.6. The van der Waals surface area contributed by atoms with E-state index in [0.29, 0.717) is 18.7 Å². The van der Waals surface area contributed by atoms with Crippen LogP contribution >= 0.6 is 0 Å². The fourth-order valence-electron chi connectivity index (χ4n) is 2.86. The number of pyridine rings is 1. The van der Waals surface area contributed by atoms with Crippen LogP contribution in [0.25, 0.3) is 0 Å². The zero-order valence-corrected chi connectivity index (χ0v) is 16.8. The third kappa shape index (κ3) is 5.40. The average Bonchev–Trinajstić information content (AvgIpc) is 3.11. The number of aromatic nitrogens is 1. The van der Waals surface area contributed by atoms with Crippen LogP contribution in [0.2, 0.25) is 0 Å². The number of nitrogens with zero attached hydrogens (tertiary/aromatic N) is 3. The minimum Gasteiger partial charge on any atom is -0.489 e. The third-order valence-corrected chi connectivity index (χ3v) is 6.15. The first-order valence-corrected chi connectivity index (χ1v) is 10.3. The van der Waals surface area contributed by atoms with Crippen LogP contribution in [0.3, 0.4) is 0 Å². The van der Waals surface area contributed by atoms with E-state index in [-0.39, 0.29) is 18.0 Å². The molecule has 0 saturated carbocycles. The van der Waals surface area contributed by atoms with E-state index in [9.17, 15) is 17.6 Å². The lowest BCUT2D eigenvalue weighted by Crippen LogP contribution is -2.39. The number of rotatable bonds is 6. The fourth-order valence-corrected chi connectivity index (χ4v) is 4.01. The molecule has 1 aromatic heterocycles. The first kappa shape index (κ1) is 21.0. The minimum atomic E-state index is -3.52. The van der Waals surface area contributed by atoms with Crippen LogP contribution in [-0.4, -0.2) is 61.3 Å². The Morgan fingerprint density at radius 1 is 1.28 bits per heavy atom. The molecule has 2 heterocycles. The largest absolute Gasteiger partial charge is 0.489 e. The highest BCUT2D eigenvalue weighted by Gasteiger charge is 2.33. The number of carbonyl (C=O) groups excluding carboxylic acids is 1. The fraction of sp³-hybridized carbons (Fsp3) is 0.333. The molecule has 9 nitrogen and oxygen atoms in total. The zero-order valence-electron chi connectivity index (χ0n) is 16.0. The number of amides is 2. The Morgan fingerprint density at radius 3 is 2.72 bits per heavy atom. The Bertz CT molecular complexity index is 971. The zero-order chi connectivity index (χ0) is 21.0. The molecule has 1 aliphatic heterocycles. The van der Waals surface area contributed by atoms with Crippen LogP contribution in [0.1, 0.15) is 6.42 Å². The van der Waals surface area contributed by atoms with Crippen molar-refractivity contribution in [2.24, 2.45) is 0 Å². The highest BCUT2D eigenvalue weighted by Crippen LogP contribution is 2.25. The molecule has 1 aromatic carbocycles. The minimum absolute atomic E-state index is 0.168. The number of urea groups is 1. The van der Waals surface area contributed by atoms with E-state index >= 15 is 0 Å². The van der Waals surface area contributed by atoms with Gasteiger partial charge in [0.2, 0.25) is 0 Å². The molecule has 1 fully saturated rings. The van der Waals surface area contributed by atoms with Crippen LogP contribution in [0, 0.1) is 5.82 Å². The Hall–Kier alpha value is -2.76. The number of ether oxygens (including phenoxy) is 1. The van der Waals surface area contributed by atoms with Crippen molar-refractivity contribution < 1.29 is 22.3 Å². The molecule has 2 amide bonds. The number of halogens is 1. The highest BCUT2D eigenvalue weighted by molar-refractivity contribution is 7.86. The maximum Gasteiger partial charge on any atom is 0.323 e. The molecule has 1 aliphatic rings. The summed E-state index contributed by atoms with van der Waals surface area (Å²) >= 11 is 0. The summed E-state index contributed by atoms with van der Waals surface area (Å²) in [4.78, 5) is 16.0. The van der Waals surface area contributed by atoms with Gasteiger partial charge in [0.1, 0.15) is 17.7 Å². The number of carbonyl (C=O) groups is 1. The molecule has 156 valence electrons. The van der Waals surface area contributed by atoms with Crippen LogP contribution in [-0.2, 0) is 10.2 Å². The van der Waals surface area contributed by atoms with E-state index in [2.05, 4.69) is 15.6 Å². The molecule has 29 heavy (non-hydrogen) atoms. The highest BCUT2D eigenvalue weighted by atomic mass is 32.2. The number of nitrogens with one attached hydrogen (secondary N) is 2. The molecule has 0 radical (unpaired) electrons. The lowest BCUT2D eigenvalue weighted by Gasteiger charge is -2.21. The molecule has 2 aromatic rings. The summed E-state index contributed by atoms with van der Waals surface area (Å²) in [6, 6.07) is 6.61. The normalized spacial score (nSPS) is 17.3. The molecule has 11 heteroatoms. The van der Waals surface area contributed by atoms with E-state index in [1.807, 2.05) is 0 Å². The summed E-state index contributed by atoms with van der Waals surface area (Å²) in [5.74, 6) is -0.384. The van der Waals surface area contributed by atoms with Gasteiger partial charge in [-0.05, 0) is 24.6 Å². The van der Waals surface area contributed by atoms with Gasteiger partial charge in [0, 0.05) is 44.7 Å². The molecule has 0 aliphatic carbocycles. The van der Waals surface area contributed by atoms with Crippen molar-refractivity contribution in [3.05, 3.63) is 48.5 Å². The first-order valence-electron chi connectivity index (χ1n) is 8.87. The molecule has 1 atom stereocenters. The van der Waals surface area contributed by atoms with E-state index in [1.54, 1.807) is 18.3 Å². The number of anilines is 2. The van der Waals surface area contributed by atoms with Gasteiger partial charge in [-0.1, -0.05) is 0 Å². The second-order valence-electron chi connectivity index (χ2n) is 6.67. The summed E-state index contributed by atoms with van der Waals surface area (Å²) in [6.45, 7) is 0.487. The van der Waals surface area contributed by atoms with Crippen molar-refractivity contribution in [2.75, 3.05) is 37.8 Å². The molecule has 3 rings (SSSR count). The third-order valence-electron chi connectivity index (χ3n) is 4.25. The Balaban J connectivity index is 1.63. The van der Waals surface area contributed by atoms with Crippen LogP contribution in [0.5, 0.6) is 5.75 Å². The van der Waals surface area contributed by atoms with Gasteiger partial charge in [-0.15, -0.1) is 0 Å². The van der Waals surface area contributed by atoms with Gasteiger partial charge in [0.25, 0.3) is 10.2 Å². The quantitative estimate of drug-likeness (QED) is 0.741. The van der Waals surface area contributed by atoms with Crippen molar-refractivity contribution >= 4 is 27.6 Å². The molecule has 0 unspecified atom stereocenters. The van der Waals surface area contributed by atoms with Gasteiger partial charge < -0.3 is 15.4 Å². The van der Waals surface area contributed by atoms with E-state index in [0.717, 1.165) is 10.4 Å². The Morgan fingerprint density at radius 2 is 2.03 bits per heavy atom. The van der Waals surface area contributed by atoms with Gasteiger partial charge in [-0.3, -0.25) is 4.98 Å². The van der Waals surface area contributed by atoms with Crippen molar-refractivity contribution in [1.82, 2.24) is 13.6 Å². The summed E-state index contributed by atoms with van der Waals surface area (Å²) in [5, 5.41) is 5.12. The first-order chi connectivity index (χ1) is 13.7. The number of hydrogen-bond donors (Lipinski definition) is 2. The second kappa shape index (κ2) is 8.72. The van der Waals surface area contributed by atoms with E-state index in [1.165, 1.54) is 36.7 Å². The summed E-state index contributed by atoms with van der Waals surface area (Å²) in [6.07, 6.45) is 3.12. The van der Waals surface area contributed by atoms with Gasteiger partial charge in [0.15, 0.2) is 0 Å². The number of hydrogen-bond acceptors (Lipinski definition) is 5. The monoisotopic (exact) mass is 423 g/mol. The van der Waals surface area contributed by atoms with Crippen LogP contribution in [0.4, 0.5) is 20.6 Å². The lowest BCUT2D eigenvalue weighted by molar-refractivity contribution is 0.214. The second-order valence-corrected chi connectivity index (χ2v) is 8.82. The maximum absolute atomic E-state index is 14.0. The summed E-state index contributed by atoms with van der Waals surface area (Å²) in [5.41, 5.74) is 0.697. The summed E-state index contributed by atoms with van der Waals surface area (Å²) in [7, 11) is -0.596. The standard InChI is InChI=1S/C18H22FN5O4S/c1-23(2)29(26,27)24-7-5-16(12-24)28-17-9-13(19)8-15(10-17)22-18(25)21-14-4-3-6-20-11-14/h3-4,6,8-11,16H,5,7,12H2,1-2H3,(H2,21,22,25)/t16-/m0/s1. The van der Waals surface area contributed by atoms with Gasteiger partial charge in [-0.2, -0.15) is 17.0 Å². The van der Waals surface area contributed by atoms with E-state index < -0.39 is 28.2 Å². The predicted molar refractivity (Wildman–Crippen MR) is 106 cm³/mol. The molecule has 1 saturated heterocycles. The molecular formula is C18H22FN5O4S. The van der Waals surface area contributed by atoms with Gasteiger partial charge in [-0.25, -0.2) is 9.18 Å². The molecule has 2 N–H and O–H groups in total. The van der Waals surface area contributed by atoms with Crippen LogP contribution < -0.4 is 15.4 Å². The topological polar surface area (TPSA) is 104 Å². The number of benzene rings is 1. The SMILES string of the molecule is CN(C)S(=O)(=O)N1CC[C@H](Oc2cc(F)cc(NC(=O)Nc3cccnc3)c2)C1. The van der Waals surface area contributed by atoms with Crippen molar-refractivity contribution in [2.45, 2.75) is 12.5 Å².